The van der Waals surface area contributed by atoms with Crippen molar-refractivity contribution in [1.29, 1.82) is 0 Å². The van der Waals surface area contributed by atoms with E-state index in [4.69, 9.17) is 10.2 Å². The Morgan fingerprint density at radius 3 is 2.33 bits per heavy atom. The summed E-state index contributed by atoms with van der Waals surface area (Å²) in [5.41, 5.74) is 0. The average molecular weight is 219 g/mol. The minimum atomic E-state index is -1.12. The van der Waals surface area contributed by atoms with Crippen LogP contribution in [0.25, 0.3) is 0 Å². The molecule has 0 unspecified atom stereocenters. The van der Waals surface area contributed by atoms with Gasteiger partial charge in [-0.05, 0) is 5.92 Å². The number of ether oxygens (including phenoxy) is 1. The molecule has 0 aliphatic rings. The molecule has 0 heterocycles. The summed E-state index contributed by atoms with van der Waals surface area (Å²) < 4.78 is 4.59. The molecule has 3 N–H and O–H groups in total. The Labute approximate surface area is 88.2 Å². The second-order valence-corrected chi connectivity index (χ2v) is 3.49. The number of aliphatic hydroxyl groups is 1. The zero-order valence-electron chi connectivity index (χ0n) is 8.90. The zero-order chi connectivity index (χ0) is 11.8. The molecule has 0 bridgehead atoms. The number of hydrogen-bond acceptors (Lipinski definition) is 4. The van der Waals surface area contributed by atoms with Crippen molar-refractivity contribution < 1.29 is 24.5 Å². The van der Waals surface area contributed by atoms with E-state index < -0.39 is 18.5 Å². The van der Waals surface area contributed by atoms with E-state index in [2.05, 4.69) is 10.1 Å². The van der Waals surface area contributed by atoms with Crippen molar-refractivity contribution in [2.75, 3.05) is 19.8 Å². The van der Waals surface area contributed by atoms with Crippen LogP contribution in [0.2, 0.25) is 0 Å². The maximum Gasteiger partial charge on any atom is 0.329 e. The number of carboxylic acids is 1. The number of amides is 1. The van der Waals surface area contributed by atoms with Gasteiger partial charge >= 0.3 is 5.97 Å². The van der Waals surface area contributed by atoms with Gasteiger partial charge in [-0.25, -0.2) is 4.79 Å². The number of nitrogens with one attached hydrogen (secondary N) is 1. The van der Waals surface area contributed by atoms with E-state index >= 15 is 0 Å². The maximum absolute atomic E-state index is 11.2. The number of rotatable bonds is 7. The lowest BCUT2D eigenvalue weighted by atomic mass is 10.1. The number of hydrogen-bond donors (Lipinski definition) is 3. The van der Waals surface area contributed by atoms with Gasteiger partial charge in [-0.3, -0.25) is 4.79 Å². The molecule has 15 heavy (non-hydrogen) atoms. The molecule has 0 fully saturated rings. The third kappa shape index (κ3) is 6.87. The Morgan fingerprint density at radius 2 is 1.93 bits per heavy atom. The molecule has 0 saturated carbocycles. The minimum absolute atomic E-state index is 0.110. The highest BCUT2D eigenvalue weighted by atomic mass is 16.5. The van der Waals surface area contributed by atoms with Crippen molar-refractivity contribution >= 4 is 11.9 Å². The predicted octanol–water partition coefficient (Wildman–Crippen LogP) is -0.779. The molecule has 0 aromatic rings. The van der Waals surface area contributed by atoms with E-state index in [1.807, 2.05) is 13.8 Å². The van der Waals surface area contributed by atoms with Gasteiger partial charge in [0.05, 0.1) is 12.6 Å². The van der Waals surface area contributed by atoms with E-state index in [0.29, 0.717) is 0 Å². The number of aliphatic carboxylic acids is 1. The van der Waals surface area contributed by atoms with Crippen LogP contribution < -0.4 is 5.32 Å². The summed E-state index contributed by atoms with van der Waals surface area (Å²) in [6.45, 7) is 2.76. The van der Waals surface area contributed by atoms with Gasteiger partial charge in [0.1, 0.15) is 13.2 Å². The molecular formula is C9H17NO5. The highest BCUT2D eigenvalue weighted by Crippen LogP contribution is 1.99. The fourth-order valence-corrected chi connectivity index (χ4v) is 0.903. The molecule has 0 radical (unpaired) electrons. The molecule has 0 spiro atoms. The van der Waals surface area contributed by atoms with E-state index in [1.54, 1.807) is 0 Å². The van der Waals surface area contributed by atoms with Crippen LogP contribution in [0.3, 0.4) is 0 Å². The van der Waals surface area contributed by atoms with Crippen molar-refractivity contribution in [3.8, 4) is 0 Å². The first-order valence-corrected chi connectivity index (χ1v) is 4.67. The van der Waals surface area contributed by atoms with Gasteiger partial charge in [-0.2, -0.15) is 0 Å². The first kappa shape index (κ1) is 13.9. The van der Waals surface area contributed by atoms with Gasteiger partial charge in [0.25, 0.3) is 0 Å². The number of aliphatic hydroxyl groups excluding tert-OH is 1. The molecule has 0 aliphatic carbocycles. The molecule has 1 atom stereocenters. The van der Waals surface area contributed by atoms with Crippen molar-refractivity contribution in [2.24, 2.45) is 5.92 Å². The van der Waals surface area contributed by atoms with Crippen LogP contribution in [0.5, 0.6) is 0 Å². The second kappa shape index (κ2) is 7.19. The molecule has 0 aromatic carbocycles. The Morgan fingerprint density at radius 1 is 1.33 bits per heavy atom. The smallest absolute Gasteiger partial charge is 0.329 e. The van der Waals surface area contributed by atoms with E-state index in [9.17, 15) is 9.59 Å². The largest absolute Gasteiger partial charge is 0.480 e. The summed E-state index contributed by atoms with van der Waals surface area (Å²) in [5, 5.41) is 19.7. The highest BCUT2D eigenvalue weighted by Gasteiger charge is 2.14. The number of carbonyl (C=O) groups is 2. The third-order valence-electron chi connectivity index (χ3n) is 1.81. The molecule has 0 saturated heterocycles. The summed E-state index contributed by atoms with van der Waals surface area (Å²) in [4.78, 5) is 21.2. The monoisotopic (exact) mass is 219 g/mol. The zero-order valence-corrected chi connectivity index (χ0v) is 8.90. The Bertz CT molecular complexity index is 217. The van der Waals surface area contributed by atoms with Gasteiger partial charge < -0.3 is 20.3 Å². The predicted molar refractivity (Wildman–Crippen MR) is 52.3 cm³/mol. The molecule has 88 valence electrons. The molecule has 0 aromatic heterocycles. The lowest BCUT2D eigenvalue weighted by Gasteiger charge is -2.19. The van der Waals surface area contributed by atoms with Crippen LogP contribution in [0.15, 0.2) is 0 Å². The van der Waals surface area contributed by atoms with Crippen LogP contribution in [-0.2, 0) is 14.3 Å². The summed E-state index contributed by atoms with van der Waals surface area (Å²) in [6, 6.07) is -0.328. The lowest BCUT2D eigenvalue weighted by Crippen LogP contribution is -2.43. The second-order valence-electron chi connectivity index (χ2n) is 3.49. The fourth-order valence-electron chi connectivity index (χ4n) is 0.903. The topological polar surface area (TPSA) is 95.9 Å². The molecule has 0 rings (SSSR count). The van der Waals surface area contributed by atoms with Crippen molar-refractivity contribution in [3.63, 3.8) is 0 Å². The van der Waals surface area contributed by atoms with Gasteiger partial charge in [-0.1, -0.05) is 13.8 Å². The Hall–Kier alpha value is -1.14. The molecule has 1 amide bonds. The lowest BCUT2D eigenvalue weighted by molar-refractivity contribution is -0.143. The number of carbonyl (C=O) groups excluding carboxylic acids is 1. The summed E-state index contributed by atoms with van der Waals surface area (Å²) in [7, 11) is 0. The summed E-state index contributed by atoms with van der Waals surface area (Å²) in [5.74, 6) is -1.44. The van der Waals surface area contributed by atoms with Crippen LogP contribution in [0.1, 0.15) is 13.8 Å². The number of carboxylic acid groups (broad SMARTS) is 1. The minimum Gasteiger partial charge on any atom is -0.480 e. The third-order valence-corrected chi connectivity index (χ3v) is 1.81. The summed E-state index contributed by atoms with van der Waals surface area (Å²) in [6.07, 6.45) is 0. The maximum atomic E-state index is 11.2. The molecular weight excluding hydrogens is 202 g/mol. The van der Waals surface area contributed by atoms with Gasteiger partial charge in [0.15, 0.2) is 0 Å². The first-order valence-electron chi connectivity index (χ1n) is 4.67. The summed E-state index contributed by atoms with van der Waals surface area (Å²) >= 11 is 0. The van der Waals surface area contributed by atoms with E-state index in [-0.39, 0.29) is 25.2 Å². The average Bonchev–Trinajstić information content (AvgIpc) is 2.13. The standard InChI is InChI=1S/C9H17NO5/c1-6(2)7(3-11)10-8(12)4-15-5-9(13)14/h6-7,11H,3-5H2,1-2H3,(H,10,12)(H,13,14)/t7-/m1/s1. The van der Waals surface area contributed by atoms with E-state index in [1.165, 1.54) is 0 Å². The highest BCUT2D eigenvalue weighted by molar-refractivity contribution is 5.78. The van der Waals surface area contributed by atoms with Crippen molar-refractivity contribution in [2.45, 2.75) is 19.9 Å². The van der Waals surface area contributed by atoms with Crippen molar-refractivity contribution in [3.05, 3.63) is 0 Å². The van der Waals surface area contributed by atoms with Gasteiger partial charge in [-0.15, -0.1) is 0 Å². The van der Waals surface area contributed by atoms with E-state index in [0.717, 1.165) is 0 Å². The normalized spacial score (nSPS) is 12.5. The molecule has 6 nitrogen and oxygen atoms in total. The van der Waals surface area contributed by atoms with Crippen LogP contribution in [0.4, 0.5) is 0 Å². The Balaban J connectivity index is 3.76. The van der Waals surface area contributed by atoms with Crippen LogP contribution >= 0.6 is 0 Å². The Kier molecular flexibility index (Phi) is 6.64. The van der Waals surface area contributed by atoms with Gasteiger partial charge in [0.2, 0.25) is 5.91 Å². The molecule has 6 heteroatoms. The quantitative estimate of drug-likeness (QED) is 0.522. The van der Waals surface area contributed by atoms with Crippen LogP contribution in [0, 0.1) is 5.92 Å². The fraction of sp³-hybridized carbons (Fsp3) is 0.778. The molecule has 0 aliphatic heterocycles. The van der Waals surface area contributed by atoms with Crippen LogP contribution in [-0.4, -0.2) is 48.0 Å². The van der Waals surface area contributed by atoms with Crippen molar-refractivity contribution in [1.82, 2.24) is 5.32 Å². The first-order chi connectivity index (χ1) is 6.97. The SMILES string of the molecule is CC(C)[C@@H](CO)NC(=O)COCC(=O)O. The van der Waals surface area contributed by atoms with Gasteiger partial charge in [0, 0.05) is 0 Å².